The van der Waals surface area contributed by atoms with Crippen molar-refractivity contribution in [1.82, 2.24) is 5.43 Å². The van der Waals surface area contributed by atoms with Gasteiger partial charge in [0.25, 0.3) is 5.91 Å². The van der Waals surface area contributed by atoms with Gasteiger partial charge in [0.1, 0.15) is 0 Å². The van der Waals surface area contributed by atoms with E-state index in [1.165, 1.54) is 12.1 Å². The first-order chi connectivity index (χ1) is 15.7. The highest BCUT2D eigenvalue weighted by molar-refractivity contribution is 6.19. The van der Waals surface area contributed by atoms with Gasteiger partial charge < -0.3 is 5.32 Å². The van der Waals surface area contributed by atoms with Gasteiger partial charge in [-0.25, -0.2) is 14.2 Å². The van der Waals surface area contributed by atoms with E-state index in [1.54, 1.807) is 32.0 Å². The zero-order valence-electron chi connectivity index (χ0n) is 18.3. The molecule has 0 unspecified atom stereocenters. The molecule has 0 saturated heterocycles. The lowest BCUT2D eigenvalue weighted by Crippen LogP contribution is -2.33. The second kappa shape index (κ2) is 8.58. The Morgan fingerprint density at radius 1 is 1.15 bits per heavy atom. The maximum Gasteiger partial charge on any atom is 0.251 e. The minimum absolute atomic E-state index is 0.0599. The number of halogens is 2. The number of nitriles is 1. The van der Waals surface area contributed by atoms with Gasteiger partial charge in [0.2, 0.25) is 0 Å². The van der Waals surface area contributed by atoms with Crippen molar-refractivity contribution < 1.29 is 18.4 Å². The lowest BCUT2D eigenvalue weighted by molar-refractivity contribution is -0.125. The number of carbonyl (C=O) groups excluding carboxylic acids is 2. The fourth-order valence-corrected chi connectivity index (χ4v) is 4.08. The number of hydrazone groups is 1. The number of amides is 1. The number of nitrogens with one attached hydrogen (secondary N) is 2. The van der Waals surface area contributed by atoms with Crippen molar-refractivity contribution in [1.29, 1.82) is 5.26 Å². The van der Waals surface area contributed by atoms with Crippen LogP contribution in [0.2, 0.25) is 0 Å². The number of anilines is 1. The molecule has 1 amide bonds. The monoisotopic (exact) mass is 448 g/mol. The Morgan fingerprint density at radius 3 is 2.64 bits per heavy atom. The quantitative estimate of drug-likeness (QED) is 0.711. The molecule has 2 aliphatic rings. The minimum atomic E-state index is -1.12. The summed E-state index contributed by atoms with van der Waals surface area (Å²) in [6.45, 7) is 3.17. The summed E-state index contributed by atoms with van der Waals surface area (Å²) in [5.41, 5.74) is 3.46. The van der Waals surface area contributed by atoms with Crippen molar-refractivity contribution in [2.75, 3.05) is 5.32 Å². The first-order valence-electron chi connectivity index (χ1n) is 10.6. The minimum Gasteiger partial charge on any atom is -0.356 e. The maximum atomic E-state index is 15.0. The van der Waals surface area contributed by atoms with Gasteiger partial charge in [-0.3, -0.25) is 9.59 Å². The van der Waals surface area contributed by atoms with Crippen molar-refractivity contribution in [2.45, 2.75) is 39.5 Å². The molecule has 0 atom stereocenters. The molecule has 168 valence electrons. The third kappa shape index (κ3) is 4.14. The van der Waals surface area contributed by atoms with Crippen LogP contribution in [-0.4, -0.2) is 17.4 Å². The Labute approximate surface area is 190 Å². The molecule has 33 heavy (non-hydrogen) atoms. The molecular weight excluding hydrogens is 426 g/mol. The summed E-state index contributed by atoms with van der Waals surface area (Å²) < 4.78 is 30.0. The first kappa shape index (κ1) is 22.3. The summed E-state index contributed by atoms with van der Waals surface area (Å²) in [5, 5.41) is 15.9. The highest BCUT2D eigenvalue weighted by Gasteiger charge is 2.41. The number of rotatable bonds is 5. The van der Waals surface area contributed by atoms with Crippen LogP contribution in [0.5, 0.6) is 0 Å². The van der Waals surface area contributed by atoms with E-state index in [1.807, 2.05) is 6.07 Å². The van der Waals surface area contributed by atoms with E-state index < -0.39 is 23.0 Å². The van der Waals surface area contributed by atoms with E-state index in [4.69, 9.17) is 5.26 Å². The number of ketones is 1. The standard InChI is InChI=1S/C25H22F2N4O2/c1-25(2)23(30-31-24(25)33)16-9-10-19(22(27)21(16)26)29-18-7-4-8-20(32)17(18)12-14-5-3-6-15(11-14)13-28/h3,5-6,9-11,29H,4,7-8,12H2,1-2H3,(H,31,33). The van der Waals surface area contributed by atoms with Gasteiger partial charge in [-0.1, -0.05) is 12.1 Å². The van der Waals surface area contributed by atoms with Gasteiger partial charge in [0, 0.05) is 29.7 Å². The van der Waals surface area contributed by atoms with Gasteiger partial charge in [0.15, 0.2) is 17.4 Å². The second-order valence-electron chi connectivity index (χ2n) is 8.66. The fraction of sp³-hybridized carbons (Fsp3) is 0.280. The third-order valence-electron chi connectivity index (χ3n) is 6.02. The average molecular weight is 448 g/mol. The molecule has 1 heterocycles. The third-order valence-corrected chi connectivity index (χ3v) is 6.02. The first-order valence-corrected chi connectivity index (χ1v) is 10.6. The van der Waals surface area contributed by atoms with E-state index in [0.717, 1.165) is 5.56 Å². The molecule has 0 fully saturated rings. The summed E-state index contributed by atoms with van der Waals surface area (Å²) >= 11 is 0. The summed E-state index contributed by atoms with van der Waals surface area (Å²) in [5.74, 6) is -2.68. The second-order valence-corrected chi connectivity index (χ2v) is 8.66. The van der Waals surface area contributed by atoms with E-state index in [9.17, 15) is 14.0 Å². The Hall–Kier alpha value is -3.86. The van der Waals surface area contributed by atoms with Crippen LogP contribution >= 0.6 is 0 Å². The van der Waals surface area contributed by atoms with Gasteiger partial charge in [-0.05, 0) is 56.5 Å². The molecule has 0 aromatic heterocycles. The van der Waals surface area contributed by atoms with Crippen LogP contribution in [0.15, 0.2) is 52.8 Å². The molecule has 6 nitrogen and oxygen atoms in total. The Kier molecular flexibility index (Phi) is 5.81. The zero-order chi connectivity index (χ0) is 23.8. The average Bonchev–Trinajstić information content (AvgIpc) is 3.06. The highest BCUT2D eigenvalue weighted by atomic mass is 19.2. The maximum absolute atomic E-state index is 15.0. The van der Waals surface area contributed by atoms with Crippen LogP contribution < -0.4 is 10.7 Å². The van der Waals surface area contributed by atoms with Crippen molar-refractivity contribution in [3.05, 3.63) is 76.0 Å². The van der Waals surface area contributed by atoms with E-state index in [0.29, 0.717) is 36.1 Å². The Morgan fingerprint density at radius 2 is 1.94 bits per heavy atom. The number of nitrogens with zero attached hydrogens (tertiary/aromatic N) is 2. The Balaban J connectivity index is 1.67. The number of hydrogen-bond donors (Lipinski definition) is 2. The van der Waals surface area contributed by atoms with Gasteiger partial charge in [0.05, 0.1) is 28.4 Å². The summed E-state index contributed by atoms with van der Waals surface area (Å²) in [4.78, 5) is 24.6. The van der Waals surface area contributed by atoms with Crippen LogP contribution in [0, 0.1) is 28.4 Å². The fourth-order valence-electron chi connectivity index (χ4n) is 4.08. The molecule has 0 bridgehead atoms. The van der Waals surface area contributed by atoms with Crippen molar-refractivity contribution in [3.63, 3.8) is 0 Å². The molecule has 2 aromatic rings. The molecule has 4 rings (SSSR count). The predicted molar refractivity (Wildman–Crippen MR) is 119 cm³/mol. The molecule has 0 radical (unpaired) electrons. The number of benzene rings is 2. The summed E-state index contributed by atoms with van der Waals surface area (Å²) in [7, 11) is 0. The van der Waals surface area contributed by atoms with Crippen LogP contribution in [0.25, 0.3) is 0 Å². The van der Waals surface area contributed by atoms with E-state index >= 15 is 4.39 Å². The predicted octanol–water partition coefficient (Wildman–Crippen LogP) is 4.36. The SMILES string of the molecule is CC1(C)C(=O)NN=C1c1ccc(NC2=C(Cc3cccc(C#N)c3)C(=O)CCC2)c(F)c1F. The topological polar surface area (TPSA) is 94.3 Å². The van der Waals surface area contributed by atoms with Crippen LogP contribution in [-0.2, 0) is 16.0 Å². The highest BCUT2D eigenvalue weighted by Crippen LogP contribution is 2.33. The smallest absolute Gasteiger partial charge is 0.251 e. The molecule has 1 aliphatic carbocycles. The summed E-state index contributed by atoms with van der Waals surface area (Å²) in [6, 6.07) is 11.8. The van der Waals surface area contributed by atoms with Crippen molar-refractivity contribution in [3.8, 4) is 6.07 Å². The molecule has 2 N–H and O–H groups in total. The number of carbonyl (C=O) groups is 2. The lowest BCUT2D eigenvalue weighted by atomic mass is 9.83. The van der Waals surface area contributed by atoms with Gasteiger partial charge in [-0.15, -0.1) is 0 Å². The largest absolute Gasteiger partial charge is 0.356 e. The number of hydrogen-bond acceptors (Lipinski definition) is 5. The van der Waals surface area contributed by atoms with E-state index in [2.05, 4.69) is 21.9 Å². The Bertz CT molecular complexity index is 1270. The summed E-state index contributed by atoms with van der Waals surface area (Å²) in [6.07, 6.45) is 1.78. The van der Waals surface area contributed by atoms with Crippen LogP contribution in [0.4, 0.5) is 14.5 Å². The van der Waals surface area contributed by atoms with E-state index in [-0.39, 0.29) is 29.2 Å². The molecule has 0 saturated carbocycles. The number of allylic oxidation sites excluding steroid dienone is 2. The van der Waals surface area contributed by atoms with Crippen molar-refractivity contribution >= 4 is 23.1 Å². The molecule has 8 heteroatoms. The van der Waals surface area contributed by atoms with Crippen molar-refractivity contribution in [2.24, 2.45) is 10.5 Å². The van der Waals surface area contributed by atoms with Crippen LogP contribution in [0.3, 0.4) is 0 Å². The zero-order valence-corrected chi connectivity index (χ0v) is 18.3. The van der Waals surface area contributed by atoms with Crippen LogP contribution in [0.1, 0.15) is 49.8 Å². The molecular formula is C25H22F2N4O2. The molecule has 0 spiro atoms. The normalized spacial score (nSPS) is 17.5. The molecule has 1 aliphatic heterocycles. The number of Topliss-reactive ketones (excluding diaryl/α,β-unsaturated/α-hetero) is 1. The van der Waals surface area contributed by atoms with Gasteiger partial charge >= 0.3 is 0 Å². The van der Waals surface area contributed by atoms with Gasteiger partial charge in [-0.2, -0.15) is 10.4 Å². The lowest BCUT2D eigenvalue weighted by Gasteiger charge is -2.22. The molecule has 2 aromatic carbocycles.